The highest BCUT2D eigenvalue weighted by molar-refractivity contribution is 5.62. The van der Waals surface area contributed by atoms with E-state index in [1.807, 2.05) is 30.4 Å². The van der Waals surface area contributed by atoms with Crippen LogP contribution in [0, 0.1) is 5.82 Å². The maximum Gasteiger partial charge on any atom is 0.146 e. The molecule has 1 N–H and O–H groups in total. The van der Waals surface area contributed by atoms with Crippen LogP contribution in [0.2, 0.25) is 0 Å². The van der Waals surface area contributed by atoms with Gasteiger partial charge in [-0.05, 0) is 30.5 Å². The normalized spacial score (nSPS) is 15.0. The van der Waals surface area contributed by atoms with E-state index in [9.17, 15) is 4.39 Å². The molecule has 0 bridgehead atoms. The zero-order valence-electron chi connectivity index (χ0n) is 14.1. The Labute approximate surface area is 136 Å². The Balaban J connectivity index is 1.83. The summed E-state index contributed by atoms with van der Waals surface area (Å²) >= 11 is 0. The van der Waals surface area contributed by atoms with Crippen molar-refractivity contribution in [3.8, 4) is 0 Å². The average Bonchev–Trinajstić information content (AvgIpc) is 2.91. The number of rotatable bonds is 4. The third-order valence-electron chi connectivity index (χ3n) is 4.39. The zero-order chi connectivity index (χ0) is 16.6. The highest BCUT2D eigenvalue weighted by atomic mass is 19.1. The van der Waals surface area contributed by atoms with Crippen molar-refractivity contribution in [2.45, 2.75) is 39.2 Å². The molecule has 3 rings (SSSR count). The molecule has 0 radical (unpaired) electrons. The number of aromatic nitrogens is 2. The smallest absolute Gasteiger partial charge is 0.146 e. The first-order valence-electron chi connectivity index (χ1n) is 8.08. The summed E-state index contributed by atoms with van der Waals surface area (Å²) in [5, 5.41) is 3.42. The molecule has 5 heteroatoms. The molecule has 1 aromatic carbocycles. The topological polar surface area (TPSA) is 41.1 Å². The van der Waals surface area contributed by atoms with Gasteiger partial charge in [-0.3, -0.25) is 0 Å². The number of nitrogens with one attached hydrogen (secondary N) is 1. The second-order valence-corrected chi connectivity index (χ2v) is 6.49. The number of likely N-dealkylation sites (N-methyl/N-ethyl adjacent to an activating group) is 1. The van der Waals surface area contributed by atoms with E-state index in [1.165, 1.54) is 0 Å². The van der Waals surface area contributed by atoms with Gasteiger partial charge in [0.15, 0.2) is 0 Å². The van der Waals surface area contributed by atoms with E-state index in [0.29, 0.717) is 5.92 Å². The molecule has 4 nitrogen and oxygen atoms in total. The van der Waals surface area contributed by atoms with Crippen LogP contribution in [0.25, 0.3) is 0 Å². The first-order chi connectivity index (χ1) is 11.0. The third-order valence-corrected chi connectivity index (χ3v) is 4.39. The zero-order valence-corrected chi connectivity index (χ0v) is 14.1. The number of anilines is 2. The summed E-state index contributed by atoms with van der Waals surface area (Å²) in [7, 11) is 1.94. The Morgan fingerprint density at radius 1 is 1.17 bits per heavy atom. The van der Waals surface area contributed by atoms with Crippen LogP contribution in [-0.2, 0) is 6.42 Å². The summed E-state index contributed by atoms with van der Waals surface area (Å²) in [6.45, 7) is 7.09. The van der Waals surface area contributed by atoms with Crippen molar-refractivity contribution in [2.24, 2.45) is 0 Å². The standard InChI is InChI=1S/C18H23FN4/c1-11(2)18-20-9-13(10-21-18)22-12(3)14-5-6-16(19)17-15(14)7-8-23(17)4/h5-6,9-12,22H,7-8H2,1-4H3/t12-/m0/s1. The Bertz CT molecular complexity index is 697. The SMILES string of the molecule is CC(C)c1ncc(N[C@@H](C)c2ccc(F)c3c2CCN3C)cn1. The Morgan fingerprint density at radius 2 is 1.87 bits per heavy atom. The fourth-order valence-electron chi connectivity index (χ4n) is 3.13. The summed E-state index contributed by atoms with van der Waals surface area (Å²) < 4.78 is 14.0. The van der Waals surface area contributed by atoms with Gasteiger partial charge in [-0.25, -0.2) is 14.4 Å². The maximum absolute atomic E-state index is 14.0. The van der Waals surface area contributed by atoms with Crippen molar-refractivity contribution in [2.75, 3.05) is 23.8 Å². The Morgan fingerprint density at radius 3 is 2.52 bits per heavy atom. The molecule has 0 saturated carbocycles. The minimum atomic E-state index is -0.138. The Hall–Kier alpha value is -2.17. The molecule has 0 spiro atoms. The van der Waals surface area contributed by atoms with Crippen LogP contribution >= 0.6 is 0 Å². The molecule has 0 aliphatic carbocycles. The average molecular weight is 314 g/mol. The maximum atomic E-state index is 14.0. The molecule has 2 aromatic rings. The predicted molar refractivity (Wildman–Crippen MR) is 91.5 cm³/mol. The van der Waals surface area contributed by atoms with Crippen molar-refractivity contribution in [1.82, 2.24) is 9.97 Å². The van der Waals surface area contributed by atoms with E-state index < -0.39 is 0 Å². The minimum Gasteiger partial charge on any atom is -0.376 e. The molecule has 0 unspecified atom stereocenters. The molecule has 2 heterocycles. The Kier molecular flexibility index (Phi) is 4.20. The van der Waals surface area contributed by atoms with Crippen LogP contribution in [-0.4, -0.2) is 23.6 Å². The van der Waals surface area contributed by atoms with Crippen molar-refractivity contribution >= 4 is 11.4 Å². The van der Waals surface area contributed by atoms with E-state index in [4.69, 9.17) is 0 Å². The number of benzene rings is 1. The summed E-state index contributed by atoms with van der Waals surface area (Å²) in [6, 6.07) is 3.52. The van der Waals surface area contributed by atoms with Crippen LogP contribution in [0.5, 0.6) is 0 Å². The van der Waals surface area contributed by atoms with Gasteiger partial charge in [0.05, 0.1) is 23.8 Å². The van der Waals surface area contributed by atoms with Crippen LogP contribution < -0.4 is 10.2 Å². The molecule has 0 amide bonds. The number of hydrogen-bond donors (Lipinski definition) is 1. The molecule has 0 fully saturated rings. The van der Waals surface area contributed by atoms with Gasteiger partial charge in [-0.15, -0.1) is 0 Å². The van der Waals surface area contributed by atoms with E-state index >= 15 is 0 Å². The molecule has 1 aliphatic heterocycles. The number of nitrogens with zero attached hydrogens (tertiary/aromatic N) is 3. The van der Waals surface area contributed by atoms with Crippen LogP contribution in [0.1, 0.15) is 49.7 Å². The first kappa shape index (κ1) is 15.7. The van der Waals surface area contributed by atoms with E-state index in [1.54, 1.807) is 6.07 Å². The van der Waals surface area contributed by atoms with Crippen molar-refractivity contribution in [3.63, 3.8) is 0 Å². The highest BCUT2D eigenvalue weighted by Crippen LogP contribution is 2.35. The second kappa shape index (κ2) is 6.14. The predicted octanol–water partition coefficient (Wildman–Crippen LogP) is 3.90. The number of hydrogen-bond acceptors (Lipinski definition) is 4. The van der Waals surface area contributed by atoms with Crippen LogP contribution in [0.4, 0.5) is 15.8 Å². The van der Waals surface area contributed by atoms with Crippen LogP contribution in [0.3, 0.4) is 0 Å². The lowest BCUT2D eigenvalue weighted by Gasteiger charge is -2.20. The monoisotopic (exact) mass is 314 g/mol. The second-order valence-electron chi connectivity index (χ2n) is 6.49. The van der Waals surface area contributed by atoms with Gasteiger partial charge in [0.1, 0.15) is 11.6 Å². The fraction of sp³-hybridized carbons (Fsp3) is 0.444. The summed E-state index contributed by atoms with van der Waals surface area (Å²) in [5.74, 6) is 1.02. The molecule has 0 saturated heterocycles. The van der Waals surface area contributed by atoms with Gasteiger partial charge in [-0.2, -0.15) is 0 Å². The lowest BCUT2D eigenvalue weighted by Crippen LogP contribution is -2.14. The molecular formula is C18H23FN4. The molecule has 23 heavy (non-hydrogen) atoms. The number of fused-ring (bicyclic) bond motifs is 1. The summed E-state index contributed by atoms with van der Waals surface area (Å²) in [4.78, 5) is 10.8. The summed E-state index contributed by atoms with van der Waals surface area (Å²) in [5.41, 5.74) is 3.86. The molecule has 122 valence electrons. The van der Waals surface area contributed by atoms with Crippen LogP contribution in [0.15, 0.2) is 24.5 Å². The van der Waals surface area contributed by atoms with Gasteiger partial charge in [0, 0.05) is 25.6 Å². The number of halogens is 1. The van der Waals surface area contributed by atoms with Gasteiger partial charge in [0.25, 0.3) is 0 Å². The van der Waals surface area contributed by atoms with E-state index in [2.05, 4.69) is 36.1 Å². The van der Waals surface area contributed by atoms with E-state index in [0.717, 1.165) is 41.3 Å². The first-order valence-corrected chi connectivity index (χ1v) is 8.08. The highest BCUT2D eigenvalue weighted by Gasteiger charge is 2.25. The minimum absolute atomic E-state index is 0.0735. The van der Waals surface area contributed by atoms with Crippen molar-refractivity contribution < 1.29 is 4.39 Å². The van der Waals surface area contributed by atoms with Crippen molar-refractivity contribution in [3.05, 3.63) is 47.3 Å². The fourth-order valence-corrected chi connectivity index (χ4v) is 3.13. The van der Waals surface area contributed by atoms with Gasteiger partial charge in [0.2, 0.25) is 0 Å². The molecule has 1 atom stereocenters. The van der Waals surface area contributed by atoms with Gasteiger partial charge >= 0.3 is 0 Å². The largest absolute Gasteiger partial charge is 0.376 e. The summed E-state index contributed by atoms with van der Waals surface area (Å²) in [6.07, 6.45) is 4.51. The molecular weight excluding hydrogens is 291 g/mol. The quantitative estimate of drug-likeness (QED) is 0.929. The van der Waals surface area contributed by atoms with Gasteiger partial charge < -0.3 is 10.2 Å². The molecule has 1 aromatic heterocycles. The van der Waals surface area contributed by atoms with Crippen molar-refractivity contribution in [1.29, 1.82) is 0 Å². The van der Waals surface area contributed by atoms with Gasteiger partial charge in [-0.1, -0.05) is 19.9 Å². The van der Waals surface area contributed by atoms with E-state index in [-0.39, 0.29) is 11.9 Å². The molecule has 1 aliphatic rings. The third kappa shape index (κ3) is 3.00. The lowest BCUT2D eigenvalue weighted by molar-refractivity contribution is 0.625. The lowest BCUT2D eigenvalue weighted by atomic mass is 9.99.